The molecule has 19 heavy (non-hydrogen) atoms. The standard InChI is InChI=1S/C14H23NO3S/c1-4-19(16,17)10-6-9-18-14-8-5-7-13(11-14)12(2)15-3/h5,7-8,11-12,15H,4,6,9-10H2,1-3H3. The highest BCUT2D eigenvalue weighted by molar-refractivity contribution is 7.91. The Labute approximate surface area is 116 Å². The number of nitrogens with one attached hydrogen (secondary N) is 1. The van der Waals surface area contributed by atoms with Gasteiger partial charge < -0.3 is 10.1 Å². The van der Waals surface area contributed by atoms with Crippen molar-refractivity contribution in [2.45, 2.75) is 26.3 Å². The van der Waals surface area contributed by atoms with Gasteiger partial charge in [-0.1, -0.05) is 19.1 Å². The quantitative estimate of drug-likeness (QED) is 0.744. The summed E-state index contributed by atoms with van der Waals surface area (Å²) in [7, 11) is -0.979. The van der Waals surface area contributed by atoms with Gasteiger partial charge in [0.2, 0.25) is 0 Å². The predicted octanol–water partition coefficient (Wildman–Crippen LogP) is 2.17. The summed E-state index contributed by atoms with van der Waals surface area (Å²) in [5.74, 6) is 1.17. The van der Waals surface area contributed by atoms with Gasteiger partial charge in [-0.25, -0.2) is 8.42 Å². The second kappa shape index (κ2) is 7.50. The average Bonchev–Trinajstić information content (AvgIpc) is 2.43. The lowest BCUT2D eigenvalue weighted by Crippen LogP contribution is -2.13. The normalized spacial score (nSPS) is 13.2. The van der Waals surface area contributed by atoms with E-state index in [1.165, 1.54) is 0 Å². The van der Waals surface area contributed by atoms with E-state index in [0.717, 1.165) is 11.3 Å². The summed E-state index contributed by atoms with van der Waals surface area (Å²) in [5.41, 5.74) is 1.15. The van der Waals surface area contributed by atoms with Crippen LogP contribution in [0.4, 0.5) is 0 Å². The maximum Gasteiger partial charge on any atom is 0.150 e. The van der Waals surface area contributed by atoms with Gasteiger partial charge in [0.15, 0.2) is 0 Å². The van der Waals surface area contributed by atoms with Crippen LogP contribution in [0, 0.1) is 0 Å². The Morgan fingerprint density at radius 1 is 1.37 bits per heavy atom. The number of hydrogen-bond acceptors (Lipinski definition) is 4. The molecule has 0 heterocycles. The Kier molecular flexibility index (Phi) is 6.31. The zero-order valence-electron chi connectivity index (χ0n) is 11.8. The van der Waals surface area contributed by atoms with Crippen LogP contribution in [0.2, 0.25) is 0 Å². The van der Waals surface area contributed by atoms with E-state index >= 15 is 0 Å². The fourth-order valence-electron chi connectivity index (χ4n) is 1.65. The summed E-state index contributed by atoms with van der Waals surface area (Å²) in [6.07, 6.45) is 0.530. The molecular weight excluding hydrogens is 262 g/mol. The molecule has 0 saturated carbocycles. The molecule has 0 amide bonds. The van der Waals surface area contributed by atoms with Crippen LogP contribution in [-0.2, 0) is 9.84 Å². The summed E-state index contributed by atoms with van der Waals surface area (Å²) >= 11 is 0. The van der Waals surface area contributed by atoms with Gasteiger partial charge >= 0.3 is 0 Å². The minimum absolute atomic E-state index is 0.191. The first-order valence-corrected chi connectivity index (χ1v) is 8.41. The Balaban J connectivity index is 2.46. The molecule has 0 aliphatic carbocycles. The minimum Gasteiger partial charge on any atom is -0.494 e. The lowest BCUT2D eigenvalue weighted by Gasteiger charge is -2.12. The van der Waals surface area contributed by atoms with Crippen molar-refractivity contribution in [2.75, 3.05) is 25.2 Å². The number of ether oxygens (including phenoxy) is 1. The Morgan fingerprint density at radius 3 is 2.74 bits per heavy atom. The SMILES string of the molecule is CCS(=O)(=O)CCCOc1cccc(C(C)NC)c1. The maximum atomic E-state index is 11.3. The van der Waals surface area contributed by atoms with Crippen molar-refractivity contribution < 1.29 is 13.2 Å². The van der Waals surface area contributed by atoms with Crippen LogP contribution in [0.3, 0.4) is 0 Å². The third kappa shape index (κ3) is 5.61. The van der Waals surface area contributed by atoms with Crippen LogP contribution in [0.15, 0.2) is 24.3 Å². The monoisotopic (exact) mass is 285 g/mol. The highest BCUT2D eigenvalue weighted by Gasteiger charge is 2.07. The molecule has 1 aromatic carbocycles. The molecule has 0 aromatic heterocycles. The van der Waals surface area contributed by atoms with Gasteiger partial charge in [0, 0.05) is 11.8 Å². The fraction of sp³-hybridized carbons (Fsp3) is 0.571. The second-order valence-corrected chi connectivity index (χ2v) is 6.99. The predicted molar refractivity (Wildman–Crippen MR) is 78.4 cm³/mol. The number of hydrogen-bond donors (Lipinski definition) is 1. The van der Waals surface area contributed by atoms with Crippen LogP contribution in [-0.4, -0.2) is 33.6 Å². The van der Waals surface area contributed by atoms with E-state index in [-0.39, 0.29) is 17.5 Å². The zero-order valence-corrected chi connectivity index (χ0v) is 12.7. The Hall–Kier alpha value is -1.07. The molecule has 1 atom stereocenters. The molecule has 0 spiro atoms. The first kappa shape index (κ1) is 16.0. The van der Waals surface area contributed by atoms with E-state index in [9.17, 15) is 8.42 Å². The molecule has 108 valence electrons. The van der Waals surface area contributed by atoms with Crippen molar-refractivity contribution in [3.05, 3.63) is 29.8 Å². The first-order valence-electron chi connectivity index (χ1n) is 6.59. The summed E-state index contributed by atoms with van der Waals surface area (Å²) < 4.78 is 28.2. The second-order valence-electron chi connectivity index (χ2n) is 4.52. The number of benzene rings is 1. The lowest BCUT2D eigenvalue weighted by atomic mass is 10.1. The van der Waals surface area contributed by atoms with Crippen molar-refractivity contribution in [3.8, 4) is 5.75 Å². The van der Waals surface area contributed by atoms with Gasteiger partial charge in [0.25, 0.3) is 0 Å². The first-order chi connectivity index (χ1) is 8.98. The van der Waals surface area contributed by atoms with Crippen molar-refractivity contribution in [2.24, 2.45) is 0 Å². The van der Waals surface area contributed by atoms with Gasteiger partial charge in [-0.15, -0.1) is 0 Å². The molecule has 1 aromatic rings. The molecule has 0 aliphatic rings. The van der Waals surface area contributed by atoms with Gasteiger partial charge in [0.1, 0.15) is 15.6 Å². The van der Waals surface area contributed by atoms with Gasteiger partial charge in [-0.05, 0) is 38.1 Å². The molecular formula is C14H23NO3S. The van der Waals surface area contributed by atoms with Gasteiger partial charge in [-0.3, -0.25) is 0 Å². The third-order valence-corrected chi connectivity index (χ3v) is 4.89. The van der Waals surface area contributed by atoms with Crippen molar-refractivity contribution in [1.82, 2.24) is 5.32 Å². The molecule has 1 N–H and O–H groups in total. The Bertz CT molecular complexity index is 485. The van der Waals surface area contributed by atoms with Crippen LogP contribution in [0.25, 0.3) is 0 Å². The van der Waals surface area contributed by atoms with Gasteiger partial charge in [-0.2, -0.15) is 0 Å². The maximum absolute atomic E-state index is 11.3. The summed E-state index contributed by atoms with van der Waals surface area (Å²) in [4.78, 5) is 0. The van der Waals surface area contributed by atoms with Crippen LogP contribution in [0.1, 0.15) is 31.9 Å². The summed E-state index contributed by atoms with van der Waals surface area (Å²) in [5, 5.41) is 3.17. The smallest absolute Gasteiger partial charge is 0.150 e. The largest absolute Gasteiger partial charge is 0.494 e. The van der Waals surface area contributed by atoms with E-state index in [0.29, 0.717) is 13.0 Å². The molecule has 1 unspecified atom stereocenters. The van der Waals surface area contributed by atoms with Crippen molar-refractivity contribution in [3.63, 3.8) is 0 Å². The molecule has 5 heteroatoms. The highest BCUT2D eigenvalue weighted by atomic mass is 32.2. The topological polar surface area (TPSA) is 55.4 Å². The summed E-state index contributed by atoms with van der Waals surface area (Å²) in [6, 6.07) is 8.12. The average molecular weight is 285 g/mol. The van der Waals surface area contributed by atoms with E-state index < -0.39 is 9.84 Å². The van der Waals surface area contributed by atoms with Crippen LogP contribution >= 0.6 is 0 Å². The third-order valence-electron chi connectivity index (χ3n) is 3.10. The Morgan fingerprint density at radius 2 is 2.11 bits per heavy atom. The van der Waals surface area contributed by atoms with E-state index in [1.807, 2.05) is 31.3 Å². The molecule has 0 aliphatic heterocycles. The molecule has 4 nitrogen and oxygen atoms in total. The molecule has 0 fully saturated rings. The minimum atomic E-state index is -2.89. The van der Waals surface area contributed by atoms with E-state index in [1.54, 1.807) is 6.92 Å². The van der Waals surface area contributed by atoms with Crippen molar-refractivity contribution >= 4 is 9.84 Å². The van der Waals surface area contributed by atoms with E-state index in [2.05, 4.69) is 12.2 Å². The molecule has 0 radical (unpaired) electrons. The highest BCUT2D eigenvalue weighted by Crippen LogP contribution is 2.18. The van der Waals surface area contributed by atoms with Crippen LogP contribution < -0.4 is 10.1 Å². The fourth-order valence-corrected chi connectivity index (χ4v) is 2.50. The lowest BCUT2D eigenvalue weighted by molar-refractivity contribution is 0.317. The molecule has 0 saturated heterocycles. The zero-order chi connectivity index (χ0) is 14.3. The van der Waals surface area contributed by atoms with Crippen molar-refractivity contribution in [1.29, 1.82) is 0 Å². The number of sulfone groups is 1. The number of rotatable bonds is 8. The molecule has 0 bridgehead atoms. The van der Waals surface area contributed by atoms with E-state index in [4.69, 9.17) is 4.74 Å². The molecule has 1 rings (SSSR count). The summed E-state index contributed by atoms with van der Waals surface area (Å²) in [6.45, 7) is 4.17. The van der Waals surface area contributed by atoms with Crippen LogP contribution in [0.5, 0.6) is 5.75 Å². The van der Waals surface area contributed by atoms with Gasteiger partial charge in [0.05, 0.1) is 12.4 Å².